The number of carbonyl (C=O) groups is 1. The molecule has 1 heterocycles. The zero-order valence-electron chi connectivity index (χ0n) is 18.4. The Bertz CT molecular complexity index is 977. The smallest absolute Gasteiger partial charge is 0.267 e. The summed E-state index contributed by atoms with van der Waals surface area (Å²) in [5.41, 5.74) is 16.7. The van der Waals surface area contributed by atoms with Gasteiger partial charge in [-0.2, -0.15) is 0 Å². The molecule has 0 radical (unpaired) electrons. The number of carbonyl (C=O) groups excluding carboxylic acids is 1. The first-order valence-corrected chi connectivity index (χ1v) is 10.3. The van der Waals surface area contributed by atoms with E-state index in [4.69, 9.17) is 11.5 Å². The number of H-pyrrole nitrogens is 1. The Labute approximate surface area is 197 Å². The van der Waals surface area contributed by atoms with Gasteiger partial charge in [0, 0.05) is 23.5 Å². The van der Waals surface area contributed by atoms with Crippen LogP contribution in [0.2, 0.25) is 0 Å². The van der Waals surface area contributed by atoms with E-state index in [0.717, 1.165) is 34.9 Å². The van der Waals surface area contributed by atoms with Crippen molar-refractivity contribution in [1.29, 1.82) is 0 Å². The number of nitrogens with two attached hydrogens (primary N) is 2. The Kier molecular flexibility index (Phi) is 10.0. The SMILES string of the molecule is CC(C)(C)c1ccc(-c2ccc3cc(C(=O)NCC(N)CCCN)[nH]c3c2)cc1.Cl.Cl. The molecule has 0 aliphatic carbocycles. The van der Waals surface area contributed by atoms with Gasteiger partial charge >= 0.3 is 0 Å². The fourth-order valence-corrected chi connectivity index (χ4v) is 3.39. The van der Waals surface area contributed by atoms with E-state index in [1.807, 2.05) is 12.1 Å². The minimum Gasteiger partial charge on any atom is -0.351 e. The average Bonchev–Trinajstić information content (AvgIpc) is 3.13. The van der Waals surface area contributed by atoms with Gasteiger partial charge in [-0.1, -0.05) is 57.2 Å². The van der Waals surface area contributed by atoms with Crippen LogP contribution in [0.3, 0.4) is 0 Å². The normalized spacial score (nSPS) is 12.0. The maximum atomic E-state index is 12.5. The zero-order chi connectivity index (χ0) is 21.0. The number of aromatic amines is 1. The third kappa shape index (κ3) is 6.97. The summed E-state index contributed by atoms with van der Waals surface area (Å²) in [7, 11) is 0. The van der Waals surface area contributed by atoms with Crippen LogP contribution in [0.15, 0.2) is 48.5 Å². The van der Waals surface area contributed by atoms with Gasteiger partial charge in [0.1, 0.15) is 5.69 Å². The lowest BCUT2D eigenvalue weighted by Crippen LogP contribution is -2.37. The first-order valence-electron chi connectivity index (χ1n) is 10.3. The van der Waals surface area contributed by atoms with Gasteiger partial charge in [-0.3, -0.25) is 4.79 Å². The number of benzene rings is 2. The molecule has 0 fully saturated rings. The van der Waals surface area contributed by atoms with Crippen molar-refractivity contribution < 1.29 is 4.79 Å². The van der Waals surface area contributed by atoms with Crippen LogP contribution in [-0.4, -0.2) is 30.0 Å². The van der Waals surface area contributed by atoms with Crippen LogP contribution in [-0.2, 0) is 5.41 Å². The molecular formula is C24H34Cl2N4O. The molecule has 3 aromatic rings. The Hall–Kier alpha value is -2.05. The number of fused-ring (bicyclic) bond motifs is 1. The molecule has 1 unspecified atom stereocenters. The molecule has 0 aliphatic heterocycles. The summed E-state index contributed by atoms with van der Waals surface area (Å²) in [6.07, 6.45) is 1.67. The first-order chi connectivity index (χ1) is 13.8. The van der Waals surface area contributed by atoms with Gasteiger partial charge in [0.15, 0.2) is 0 Å². The molecule has 170 valence electrons. The van der Waals surface area contributed by atoms with Crippen molar-refractivity contribution in [3.05, 3.63) is 59.8 Å². The number of halogens is 2. The molecule has 0 spiro atoms. The van der Waals surface area contributed by atoms with Crippen molar-refractivity contribution in [2.24, 2.45) is 11.5 Å². The van der Waals surface area contributed by atoms with Crippen LogP contribution < -0.4 is 16.8 Å². The second kappa shape index (κ2) is 11.5. The number of hydrogen-bond donors (Lipinski definition) is 4. The van der Waals surface area contributed by atoms with Crippen molar-refractivity contribution in [3.8, 4) is 11.1 Å². The minimum absolute atomic E-state index is 0. The fourth-order valence-electron chi connectivity index (χ4n) is 3.39. The number of nitrogens with one attached hydrogen (secondary N) is 2. The van der Waals surface area contributed by atoms with Gasteiger partial charge in [-0.05, 0) is 53.6 Å². The van der Waals surface area contributed by atoms with Crippen LogP contribution >= 0.6 is 24.8 Å². The first kappa shape index (κ1) is 27.0. The van der Waals surface area contributed by atoms with Gasteiger partial charge in [0.2, 0.25) is 0 Å². The van der Waals surface area contributed by atoms with E-state index in [1.54, 1.807) is 0 Å². The van der Waals surface area contributed by atoms with E-state index in [0.29, 0.717) is 18.8 Å². The largest absolute Gasteiger partial charge is 0.351 e. The maximum Gasteiger partial charge on any atom is 0.267 e. The average molecular weight is 465 g/mol. The van der Waals surface area contributed by atoms with Crippen LogP contribution in [0.1, 0.15) is 49.7 Å². The molecule has 2 aromatic carbocycles. The molecule has 0 aliphatic rings. The van der Waals surface area contributed by atoms with E-state index in [1.165, 1.54) is 5.56 Å². The molecule has 5 nitrogen and oxygen atoms in total. The molecule has 0 bridgehead atoms. The van der Waals surface area contributed by atoms with E-state index in [9.17, 15) is 4.79 Å². The van der Waals surface area contributed by atoms with Crippen LogP contribution in [0.4, 0.5) is 0 Å². The van der Waals surface area contributed by atoms with E-state index in [-0.39, 0.29) is 42.2 Å². The summed E-state index contributed by atoms with van der Waals surface area (Å²) >= 11 is 0. The molecule has 7 heteroatoms. The van der Waals surface area contributed by atoms with Gasteiger partial charge in [-0.25, -0.2) is 0 Å². The highest BCUT2D eigenvalue weighted by atomic mass is 35.5. The highest BCUT2D eigenvalue weighted by Gasteiger charge is 2.14. The highest BCUT2D eigenvalue weighted by molar-refractivity contribution is 5.98. The minimum atomic E-state index is -0.138. The summed E-state index contributed by atoms with van der Waals surface area (Å²) in [6.45, 7) is 7.70. The zero-order valence-corrected chi connectivity index (χ0v) is 20.0. The summed E-state index contributed by atoms with van der Waals surface area (Å²) in [5, 5.41) is 3.91. The number of amides is 1. The predicted octanol–water partition coefficient (Wildman–Crippen LogP) is 4.77. The number of aromatic nitrogens is 1. The highest BCUT2D eigenvalue weighted by Crippen LogP contribution is 2.28. The van der Waals surface area contributed by atoms with Gasteiger partial charge < -0.3 is 21.8 Å². The monoisotopic (exact) mass is 464 g/mol. The summed E-state index contributed by atoms with van der Waals surface area (Å²) in [6, 6.07) is 16.7. The van der Waals surface area contributed by atoms with Gasteiger partial charge in [0.25, 0.3) is 5.91 Å². The van der Waals surface area contributed by atoms with Crippen molar-refractivity contribution in [3.63, 3.8) is 0 Å². The van der Waals surface area contributed by atoms with Crippen molar-refractivity contribution in [1.82, 2.24) is 10.3 Å². The molecule has 0 saturated heterocycles. The van der Waals surface area contributed by atoms with Crippen LogP contribution in [0, 0.1) is 0 Å². The molecule has 1 aromatic heterocycles. The molecule has 1 amide bonds. The van der Waals surface area contributed by atoms with Crippen LogP contribution in [0.25, 0.3) is 22.0 Å². The lowest BCUT2D eigenvalue weighted by atomic mass is 9.86. The Morgan fingerprint density at radius 1 is 1.03 bits per heavy atom. The molecular weight excluding hydrogens is 431 g/mol. The standard InChI is InChI=1S/C24H32N4O.2ClH/c1-24(2,3)19-10-8-16(9-11-19)17-6-7-18-14-22(28-21(18)13-17)23(29)27-15-20(26)5-4-12-25;;/h6-11,13-14,20,28H,4-5,12,15,25-26H2,1-3H3,(H,27,29);2*1H. The summed E-state index contributed by atoms with van der Waals surface area (Å²) in [5.74, 6) is -0.138. The second-order valence-corrected chi connectivity index (χ2v) is 8.71. The fraction of sp³-hybridized carbons (Fsp3) is 0.375. The Balaban J connectivity index is 0.00000240. The maximum absolute atomic E-state index is 12.5. The van der Waals surface area contributed by atoms with Crippen LogP contribution in [0.5, 0.6) is 0 Å². The number of rotatable bonds is 7. The van der Waals surface area contributed by atoms with E-state index < -0.39 is 0 Å². The summed E-state index contributed by atoms with van der Waals surface area (Å²) < 4.78 is 0. The molecule has 31 heavy (non-hydrogen) atoms. The predicted molar refractivity (Wildman–Crippen MR) is 136 cm³/mol. The topological polar surface area (TPSA) is 96.9 Å². The van der Waals surface area contributed by atoms with Crippen molar-refractivity contribution >= 4 is 41.6 Å². The van der Waals surface area contributed by atoms with E-state index in [2.05, 4.69) is 67.5 Å². The third-order valence-electron chi connectivity index (χ3n) is 5.26. The second-order valence-electron chi connectivity index (χ2n) is 8.71. The lowest BCUT2D eigenvalue weighted by Gasteiger charge is -2.19. The summed E-state index contributed by atoms with van der Waals surface area (Å²) in [4.78, 5) is 15.7. The number of hydrogen-bond acceptors (Lipinski definition) is 3. The molecule has 1 atom stereocenters. The lowest BCUT2D eigenvalue weighted by molar-refractivity contribution is 0.0946. The van der Waals surface area contributed by atoms with E-state index >= 15 is 0 Å². The Morgan fingerprint density at radius 3 is 2.29 bits per heavy atom. The quantitative estimate of drug-likeness (QED) is 0.405. The van der Waals surface area contributed by atoms with Gasteiger partial charge in [-0.15, -0.1) is 24.8 Å². The molecule has 0 saturated carbocycles. The van der Waals surface area contributed by atoms with Crippen molar-refractivity contribution in [2.75, 3.05) is 13.1 Å². The molecule has 3 rings (SSSR count). The third-order valence-corrected chi connectivity index (χ3v) is 5.26. The van der Waals surface area contributed by atoms with Crippen molar-refractivity contribution in [2.45, 2.75) is 45.1 Å². The van der Waals surface area contributed by atoms with Gasteiger partial charge in [0.05, 0.1) is 0 Å². The Morgan fingerprint density at radius 2 is 1.68 bits per heavy atom. The molecule has 6 N–H and O–H groups in total.